The maximum atomic E-state index is 12.3. The molecule has 6 nitrogen and oxygen atoms in total. The van der Waals surface area contributed by atoms with E-state index in [1.807, 2.05) is 24.3 Å². The molecule has 1 saturated heterocycles. The molecule has 0 radical (unpaired) electrons. The molecular weight excluding hydrogens is 334 g/mol. The zero-order chi connectivity index (χ0) is 18.3. The molecule has 1 heterocycles. The van der Waals surface area contributed by atoms with Gasteiger partial charge in [0, 0.05) is 13.0 Å². The smallest absolute Gasteiger partial charge is 0.410 e. The fourth-order valence-corrected chi connectivity index (χ4v) is 3.74. The highest BCUT2D eigenvalue weighted by Crippen LogP contribution is 2.44. The lowest BCUT2D eigenvalue weighted by Crippen LogP contribution is -2.68. The average Bonchev–Trinajstić information content (AvgIpc) is 2.93. The molecule has 134 valence electrons. The molecule has 0 bridgehead atoms. The number of carbonyl (C=O) groups excluding carboxylic acids is 1. The van der Waals surface area contributed by atoms with Crippen molar-refractivity contribution in [2.75, 3.05) is 26.8 Å². The Hall–Kier alpha value is -2.86. The van der Waals surface area contributed by atoms with Crippen LogP contribution in [0.4, 0.5) is 4.79 Å². The van der Waals surface area contributed by atoms with Crippen LogP contribution in [0.25, 0.3) is 11.1 Å². The predicted octanol–water partition coefficient (Wildman–Crippen LogP) is 2.72. The number of likely N-dealkylation sites (tertiary alicyclic amines) is 1. The number of ether oxygens (including phenoxy) is 2. The normalized spacial score (nSPS) is 17.2. The lowest BCUT2D eigenvalue weighted by atomic mass is 9.94. The first-order chi connectivity index (χ1) is 12.6. The molecule has 2 aromatic rings. The summed E-state index contributed by atoms with van der Waals surface area (Å²) in [6, 6.07) is 16.2. The van der Waals surface area contributed by atoms with Crippen LogP contribution in [0, 0.1) is 0 Å². The number of carbonyl (C=O) groups is 2. The largest absolute Gasteiger partial charge is 0.479 e. The first-order valence-corrected chi connectivity index (χ1v) is 8.44. The van der Waals surface area contributed by atoms with Crippen LogP contribution in [0.2, 0.25) is 0 Å². The number of benzene rings is 2. The van der Waals surface area contributed by atoms with Gasteiger partial charge in [0.05, 0.1) is 13.1 Å². The van der Waals surface area contributed by atoms with Crippen LogP contribution in [0.1, 0.15) is 17.0 Å². The van der Waals surface area contributed by atoms with Crippen molar-refractivity contribution in [2.24, 2.45) is 0 Å². The molecule has 0 spiro atoms. The zero-order valence-electron chi connectivity index (χ0n) is 14.3. The van der Waals surface area contributed by atoms with Crippen LogP contribution in [0.3, 0.4) is 0 Å². The van der Waals surface area contributed by atoms with Gasteiger partial charge in [-0.25, -0.2) is 9.59 Å². The van der Waals surface area contributed by atoms with Gasteiger partial charge >= 0.3 is 12.1 Å². The fraction of sp³-hybridized carbons (Fsp3) is 0.300. The van der Waals surface area contributed by atoms with Crippen LogP contribution < -0.4 is 0 Å². The van der Waals surface area contributed by atoms with Crippen molar-refractivity contribution in [3.05, 3.63) is 59.7 Å². The van der Waals surface area contributed by atoms with E-state index in [1.54, 1.807) is 0 Å². The number of nitrogens with zero attached hydrogens (tertiary/aromatic N) is 1. The molecule has 4 rings (SSSR count). The number of carboxylic acid groups (broad SMARTS) is 1. The number of hydrogen-bond donors (Lipinski definition) is 1. The number of rotatable bonds is 4. The third-order valence-corrected chi connectivity index (χ3v) is 5.27. The Balaban J connectivity index is 1.46. The molecule has 0 saturated carbocycles. The van der Waals surface area contributed by atoms with E-state index < -0.39 is 17.7 Å². The Morgan fingerprint density at radius 2 is 1.62 bits per heavy atom. The number of amides is 1. The molecule has 0 atom stereocenters. The van der Waals surface area contributed by atoms with E-state index in [2.05, 4.69) is 24.3 Å². The monoisotopic (exact) mass is 353 g/mol. The van der Waals surface area contributed by atoms with E-state index in [9.17, 15) is 14.7 Å². The van der Waals surface area contributed by atoms with E-state index in [0.717, 1.165) is 22.3 Å². The van der Waals surface area contributed by atoms with Gasteiger partial charge in [-0.2, -0.15) is 0 Å². The molecule has 2 aliphatic rings. The second kappa shape index (κ2) is 6.14. The van der Waals surface area contributed by atoms with Crippen molar-refractivity contribution in [3.8, 4) is 11.1 Å². The Kier molecular flexibility index (Phi) is 3.92. The van der Waals surface area contributed by atoms with E-state index in [1.165, 1.54) is 12.0 Å². The van der Waals surface area contributed by atoms with E-state index in [0.29, 0.717) is 0 Å². The summed E-state index contributed by atoms with van der Waals surface area (Å²) in [5.41, 5.74) is 3.30. The molecular formula is C20H19NO5. The van der Waals surface area contributed by atoms with Gasteiger partial charge in [-0.1, -0.05) is 48.5 Å². The lowest BCUT2D eigenvalue weighted by Gasteiger charge is -2.44. The number of hydrogen-bond acceptors (Lipinski definition) is 4. The van der Waals surface area contributed by atoms with Gasteiger partial charge in [0.25, 0.3) is 0 Å². The predicted molar refractivity (Wildman–Crippen MR) is 94.0 cm³/mol. The lowest BCUT2D eigenvalue weighted by molar-refractivity contribution is -0.181. The van der Waals surface area contributed by atoms with Crippen molar-refractivity contribution < 1.29 is 24.2 Å². The van der Waals surface area contributed by atoms with Crippen molar-refractivity contribution >= 4 is 12.1 Å². The third-order valence-electron chi connectivity index (χ3n) is 5.27. The van der Waals surface area contributed by atoms with Crippen molar-refractivity contribution in [3.63, 3.8) is 0 Å². The van der Waals surface area contributed by atoms with Gasteiger partial charge in [-0.3, -0.25) is 0 Å². The third kappa shape index (κ3) is 2.45. The van der Waals surface area contributed by atoms with Gasteiger partial charge in [0.2, 0.25) is 0 Å². The van der Waals surface area contributed by atoms with Crippen LogP contribution in [-0.2, 0) is 14.3 Å². The maximum Gasteiger partial charge on any atom is 0.410 e. The van der Waals surface area contributed by atoms with E-state index in [4.69, 9.17) is 9.47 Å². The number of carboxylic acids is 1. The van der Waals surface area contributed by atoms with Crippen LogP contribution in [-0.4, -0.2) is 54.5 Å². The molecule has 0 unspecified atom stereocenters. The van der Waals surface area contributed by atoms with Crippen molar-refractivity contribution in [1.29, 1.82) is 0 Å². The molecule has 6 heteroatoms. The second-order valence-corrected chi connectivity index (χ2v) is 6.66. The zero-order valence-corrected chi connectivity index (χ0v) is 14.3. The van der Waals surface area contributed by atoms with Crippen LogP contribution in [0.15, 0.2) is 48.5 Å². The Labute approximate surface area is 151 Å². The molecule has 2 aromatic carbocycles. The molecule has 1 aliphatic heterocycles. The van der Waals surface area contributed by atoms with E-state index >= 15 is 0 Å². The fourth-order valence-electron chi connectivity index (χ4n) is 3.74. The highest BCUT2D eigenvalue weighted by Gasteiger charge is 2.52. The second-order valence-electron chi connectivity index (χ2n) is 6.66. The molecule has 1 N–H and O–H groups in total. The first kappa shape index (κ1) is 16.6. The van der Waals surface area contributed by atoms with Crippen LogP contribution in [0.5, 0.6) is 0 Å². The standard InChI is InChI=1S/C20H19NO5/c1-25-20(18(22)23)11-21(12-20)19(24)26-10-17-15-8-4-2-6-13(15)14-7-3-5-9-16(14)17/h2-9,17H,10-12H2,1H3,(H,22,23). The van der Waals surface area contributed by atoms with E-state index in [-0.39, 0.29) is 25.6 Å². The minimum Gasteiger partial charge on any atom is -0.479 e. The molecule has 26 heavy (non-hydrogen) atoms. The van der Waals surface area contributed by atoms with Crippen LogP contribution >= 0.6 is 0 Å². The Morgan fingerprint density at radius 1 is 1.08 bits per heavy atom. The van der Waals surface area contributed by atoms with Gasteiger partial charge in [0.15, 0.2) is 5.60 Å². The summed E-state index contributed by atoms with van der Waals surface area (Å²) in [6.07, 6.45) is -0.513. The summed E-state index contributed by atoms with van der Waals surface area (Å²) < 4.78 is 10.5. The topological polar surface area (TPSA) is 76.1 Å². The van der Waals surface area contributed by atoms with Gasteiger partial charge in [-0.15, -0.1) is 0 Å². The van der Waals surface area contributed by atoms with Crippen molar-refractivity contribution in [1.82, 2.24) is 4.90 Å². The van der Waals surface area contributed by atoms with Gasteiger partial charge in [-0.05, 0) is 22.3 Å². The average molecular weight is 353 g/mol. The van der Waals surface area contributed by atoms with Gasteiger partial charge in [0.1, 0.15) is 6.61 Å². The summed E-state index contributed by atoms with van der Waals surface area (Å²) in [4.78, 5) is 24.9. The molecule has 1 aliphatic carbocycles. The first-order valence-electron chi connectivity index (χ1n) is 8.44. The Morgan fingerprint density at radius 3 is 2.12 bits per heavy atom. The molecule has 1 fully saturated rings. The molecule has 0 aromatic heterocycles. The van der Waals surface area contributed by atoms with Crippen molar-refractivity contribution in [2.45, 2.75) is 11.5 Å². The minimum atomic E-state index is -1.31. The summed E-state index contributed by atoms with van der Waals surface area (Å²) in [5.74, 6) is -1.08. The minimum absolute atomic E-state index is 0.00446. The van der Waals surface area contributed by atoms with Gasteiger partial charge < -0.3 is 19.5 Å². The summed E-state index contributed by atoms with van der Waals surface area (Å²) >= 11 is 0. The number of fused-ring (bicyclic) bond motifs is 3. The highest BCUT2D eigenvalue weighted by atomic mass is 16.6. The number of aliphatic carboxylic acids is 1. The molecule has 1 amide bonds. The maximum absolute atomic E-state index is 12.3. The number of methoxy groups -OCH3 is 1. The quantitative estimate of drug-likeness (QED) is 0.915. The summed E-state index contributed by atoms with van der Waals surface area (Å²) in [7, 11) is 1.34. The summed E-state index contributed by atoms with van der Waals surface area (Å²) in [6.45, 7) is 0.210. The Bertz CT molecular complexity index is 827. The highest BCUT2D eigenvalue weighted by molar-refractivity contribution is 5.83. The SMILES string of the molecule is COC1(C(=O)O)CN(C(=O)OCC2c3ccccc3-c3ccccc32)C1. The summed E-state index contributed by atoms with van der Waals surface area (Å²) in [5, 5.41) is 9.20.